The van der Waals surface area contributed by atoms with Gasteiger partial charge in [-0.05, 0) is 43.6 Å². The van der Waals surface area contributed by atoms with Gasteiger partial charge in [-0.1, -0.05) is 20.3 Å². The fourth-order valence-corrected chi connectivity index (χ4v) is 2.50. The highest BCUT2D eigenvalue weighted by atomic mass is 16.5. The van der Waals surface area contributed by atoms with Crippen LogP contribution in [-0.2, 0) is 9.53 Å². The Bertz CT molecular complexity index is 244. The van der Waals surface area contributed by atoms with Crippen molar-refractivity contribution in [3.8, 4) is 0 Å². The molecule has 1 fully saturated rings. The zero-order chi connectivity index (χ0) is 13.4. The van der Waals surface area contributed by atoms with E-state index in [-0.39, 0.29) is 12.5 Å². The molecule has 2 unspecified atom stereocenters. The predicted octanol–water partition coefficient (Wildman–Crippen LogP) is 1.54. The van der Waals surface area contributed by atoms with Gasteiger partial charge in [-0.2, -0.15) is 0 Å². The molecule has 0 spiro atoms. The van der Waals surface area contributed by atoms with E-state index in [0.717, 1.165) is 19.5 Å². The highest BCUT2D eigenvalue weighted by molar-refractivity contribution is 5.77. The van der Waals surface area contributed by atoms with Crippen molar-refractivity contribution >= 4 is 5.91 Å². The highest BCUT2D eigenvalue weighted by Crippen LogP contribution is 2.30. The van der Waals surface area contributed by atoms with E-state index < -0.39 is 0 Å². The van der Waals surface area contributed by atoms with Crippen LogP contribution < -0.4 is 11.1 Å². The lowest BCUT2D eigenvalue weighted by atomic mass is 9.97. The third-order valence-corrected chi connectivity index (χ3v) is 3.73. The summed E-state index contributed by atoms with van der Waals surface area (Å²) < 4.78 is 5.50. The fraction of sp³-hybridized carbons (Fsp3) is 0.929. The van der Waals surface area contributed by atoms with Crippen LogP contribution in [0.15, 0.2) is 0 Å². The Labute approximate surface area is 111 Å². The minimum Gasteiger partial charge on any atom is -0.371 e. The monoisotopic (exact) mass is 256 g/mol. The van der Waals surface area contributed by atoms with Gasteiger partial charge in [0.2, 0.25) is 5.91 Å². The SMILES string of the molecule is CC(C)CCNC(=O)COCC1CCCC1CN. The summed E-state index contributed by atoms with van der Waals surface area (Å²) in [5.74, 6) is 1.76. The second-order valence-electron chi connectivity index (χ2n) is 5.73. The maximum absolute atomic E-state index is 11.5. The number of amides is 1. The van der Waals surface area contributed by atoms with Crippen LogP contribution in [0, 0.1) is 17.8 Å². The van der Waals surface area contributed by atoms with Gasteiger partial charge in [-0.3, -0.25) is 4.79 Å². The summed E-state index contributed by atoms with van der Waals surface area (Å²) in [6.07, 6.45) is 4.67. The van der Waals surface area contributed by atoms with Gasteiger partial charge in [-0.25, -0.2) is 0 Å². The van der Waals surface area contributed by atoms with Gasteiger partial charge in [0, 0.05) is 6.54 Å². The molecule has 0 aromatic carbocycles. The standard InChI is InChI=1S/C14H28N2O2/c1-11(2)6-7-16-14(17)10-18-9-13-5-3-4-12(13)8-15/h11-13H,3-10,15H2,1-2H3,(H,16,17). The second kappa shape index (κ2) is 8.48. The van der Waals surface area contributed by atoms with Gasteiger partial charge in [0.1, 0.15) is 6.61 Å². The van der Waals surface area contributed by atoms with Crippen LogP contribution in [0.5, 0.6) is 0 Å². The van der Waals surface area contributed by atoms with Crippen LogP contribution in [0.4, 0.5) is 0 Å². The van der Waals surface area contributed by atoms with E-state index in [9.17, 15) is 4.79 Å². The van der Waals surface area contributed by atoms with Crippen LogP contribution in [0.2, 0.25) is 0 Å². The number of hydrogen-bond donors (Lipinski definition) is 2. The summed E-state index contributed by atoms with van der Waals surface area (Å²) >= 11 is 0. The molecule has 1 aliphatic rings. The Morgan fingerprint density at radius 3 is 2.78 bits per heavy atom. The average molecular weight is 256 g/mol. The molecule has 0 aromatic rings. The van der Waals surface area contributed by atoms with Crippen LogP contribution in [0.25, 0.3) is 0 Å². The van der Waals surface area contributed by atoms with Gasteiger partial charge >= 0.3 is 0 Å². The summed E-state index contributed by atoms with van der Waals surface area (Å²) in [4.78, 5) is 11.5. The zero-order valence-corrected chi connectivity index (χ0v) is 11.8. The topological polar surface area (TPSA) is 64.3 Å². The second-order valence-corrected chi connectivity index (χ2v) is 5.73. The number of carbonyl (C=O) groups excluding carboxylic acids is 1. The Hall–Kier alpha value is -0.610. The lowest BCUT2D eigenvalue weighted by molar-refractivity contribution is -0.126. The number of nitrogens with one attached hydrogen (secondary N) is 1. The number of hydrogen-bond acceptors (Lipinski definition) is 3. The maximum atomic E-state index is 11.5. The Kier molecular flexibility index (Phi) is 7.28. The lowest BCUT2D eigenvalue weighted by Gasteiger charge is -2.17. The van der Waals surface area contributed by atoms with E-state index in [0.29, 0.717) is 24.4 Å². The minimum atomic E-state index is -0.00190. The molecule has 0 heterocycles. The summed E-state index contributed by atoms with van der Waals surface area (Å²) in [5, 5.41) is 2.88. The Morgan fingerprint density at radius 2 is 2.11 bits per heavy atom. The normalized spacial score (nSPS) is 23.6. The molecule has 0 radical (unpaired) electrons. The molecule has 106 valence electrons. The first kappa shape index (κ1) is 15.4. The number of ether oxygens (including phenoxy) is 1. The summed E-state index contributed by atoms with van der Waals surface area (Å²) in [5.41, 5.74) is 5.71. The third-order valence-electron chi connectivity index (χ3n) is 3.73. The van der Waals surface area contributed by atoms with Crippen molar-refractivity contribution in [3.63, 3.8) is 0 Å². The average Bonchev–Trinajstić information content (AvgIpc) is 2.76. The van der Waals surface area contributed by atoms with Gasteiger partial charge in [0.15, 0.2) is 0 Å². The van der Waals surface area contributed by atoms with E-state index in [1.807, 2.05) is 0 Å². The molecule has 0 bridgehead atoms. The Balaban J connectivity index is 2.04. The van der Waals surface area contributed by atoms with Crippen LogP contribution in [0.1, 0.15) is 39.5 Å². The largest absolute Gasteiger partial charge is 0.371 e. The van der Waals surface area contributed by atoms with E-state index in [1.54, 1.807) is 0 Å². The molecule has 0 aromatic heterocycles. The molecule has 1 saturated carbocycles. The van der Waals surface area contributed by atoms with Crippen molar-refractivity contribution in [3.05, 3.63) is 0 Å². The van der Waals surface area contributed by atoms with Gasteiger partial charge in [0.05, 0.1) is 6.61 Å². The lowest BCUT2D eigenvalue weighted by Crippen LogP contribution is -2.30. The van der Waals surface area contributed by atoms with Crippen LogP contribution in [-0.4, -0.2) is 32.2 Å². The van der Waals surface area contributed by atoms with Gasteiger partial charge < -0.3 is 15.8 Å². The van der Waals surface area contributed by atoms with Crippen molar-refractivity contribution in [2.24, 2.45) is 23.5 Å². The first-order valence-electron chi connectivity index (χ1n) is 7.18. The number of rotatable bonds is 8. The molecule has 0 aliphatic heterocycles. The third kappa shape index (κ3) is 5.83. The molecule has 18 heavy (non-hydrogen) atoms. The van der Waals surface area contributed by atoms with Crippen molar-refractivity contribution in [1.82, 2.24) is 5.32 Å². The van der Waals surface area contributed by atoms with E-state index in [1.165, 1.54) is 19.3 Å². The van der Waals surface area contributed by atoms with Crippen molar-refractivity contribution < 1.29 is 9.53 Å². The van der Waals surface area contributed by atoms with E-state index >= 15 is 0 Å². The molecule has 0 saturated heterocycles. The predicted molar refractivity (Wildman–Crippen MR) is 73.2 cm³/mol. The molecule has 2 atom stereocenters. The Morgan fingerprint density at radius 1 is 1.39 bits per heavy atom. The van der Waals surface area contributed by atoms with Crippen molar-refractivity contribution in [2.45, 2.75) is 39.5 Å². The van der Waals surface area contributed by atoms with E-state index in [4.69, 9.17) is 10.5 Å². The number of nitrogens with two attached hydrogens (primary N) is 1. The maximum Gasteiger partial charge on any atom is 0.245 e. The first-order valence-corrected chi connectivity index (χ1v) is 7.18. The molecular formula is C14H28N2O2. The smallest absolute Gasteiger partial charge is 0.245 e. The minimum absolute atomic E-state index is 0.00190. The highest BCUT2D eigenvalue weighted by Gasteiger charge is 2.26. The van der Waals surface area contributed by atoms with E-state index in [2.05, 4.69) is 19.2 Å². The molecule has 4 heteroatoms. The molecule has 4 nitrogen and oxygen atoms in total. The van der Waals surface area contributed by atoms with Gasteiger partial charge in [0.25, 0.3) is 0 Å². The van der Waals surface area contributed by atoms with Crippen molar-refractivity contribution in [2.75, 3.05) is 26.3 Å². The summed E-state index contributed by atoms with van der Waals surface area (Å²) in [6, 6.07) is 0. The first-order chi connectivity index (χ1) is 8.63. The molecule has 1 amide bonds. The molecule has 1 rings (SSSR count). The van der Waals surface area contributed by atoms with Crippen LogP contribution >= 0.6 is 0 Å². The van der Waals surface area contributed by atoms with Crippen LogP contribution in [0.3, 0.4) is 0 Å². The molecule has 3 N–H and O–H groups in total. The van der Waals surface area contributed by atoms with Gasteiger partial charge in [-0.15, -0.1) is 0 Å². The molecular weight excluding hydrogens is 228 g/mol. The summed E-state index contributed by atoms with van der Waals surface area (Å²) in [7, 11) is 0. The van der Waals surface area contributed by atoms with Crippen molar-refractivity contribution in [1.29, 1.82) is 0 Å². The summed E-state index contributed by atoms with van der Waals surface area (Å²) in [6.45, 7) is 6.65. The molecule has 1 aliphatic carbocycles. The fourth-order valence-electron chi connectivity index (χ4n) is 2.50. The quantitative estimate of drug-likeness (QED) is 0.692. The zero-order valence-electron chi connectivity index (χ0n) is 11.8. The number of carbonyl (C=O) groups is 1.